The minimum atomic E-state index is -0.796. The Labute approximate surface area is 121 Å². The number of halogens is 3. The minimum absolute atomic E-state index is 0. The molecule has 20 heavy (non-hydrogen) atoms. The van der Waals surface area contributed by atoms with Gasteiger partial charge in [0.05, 0.1) is 12.6 Å². The summed E-state index contributed by atoms with van der Waals surface area (Å²) in [4.78, 5) is 24.2. The van der Waals surface area contributed by atoms with E-state index in [9.17, 15) is 18.4 Å². The minimum Gasteiger partial charge on any atom is -0.335 e. The highest BCUT2D eigenvalue weighted by atomic mass is 35.5. The predicted molar refractivity (Wildman–Crippen MR) is 73.5 cm³/mol. The highest BCUT2D eigenvalue weighted by Crippen LogP contribution is 2.12. The highest BCUT2D eigenvalue weighted by Gasteiger charge is 2.16. The number of hydrogen-bond acceptors (Lipinski definition) is 3. The largest absolute Gasteiger partial charge is 0.335 e. The summed E-state index contributed by atoms with van der Waals surface area (Å²) in [5.41, 5.74) is 5.37. The standard InChI is InChI=1S/C12H15F2N3O2.ClH/c1-7(15)12(19)17(2)6-11(18)16-10-4-8(13)3-9(14)5-10;/h3-5,7H,6,15H2,1-2H3,(H,16,18);1H/t7-;/m1./s1. The third kappa shape index (κ3) is 5.50. The normalized spacial score (nSPS) is 11.2. The Morgan fingerprint density at radius 3 is 2.25 bits per heavy atom. The van der Waals surface area contributed by atoms with E-state index in [0.717, 1.165) is 17.0 Å². The summed E-state index contributed by atoms with van der Waals surface area (Å²) in [6.07, 6.45) is 0. The van der Waals surface area contributed by atoms with Gasteiger partial charge >= 0.3 is 0 Å². The zero-order valence-corrected chi connectivity index (χ0v) is 11.8. The van der Waals surface area contributed by atoms with Gasteiger partial charge in [-0.3, -0.25) is 9.59 Å². The van der Waals surface area contributed by atoms with Crippen LogP contribution in [0.2, 0.25) is 0 Å². The highest BCUT2D eigenvalue weighted by molar-refractivity contribution is 5.95. The first-order valence-electron chi connectivity index (χ1n) is 5.56. The molecule has 1 atom stereocenters. The molecule has 0 bridgehead atoms. The fraction of sp³-hybridized carbons (Fsp3) is 0.333. The van der Waals surface area contributed by atoms with Gasteiger partial charge in [0.25, 0.3) is 0 Å². The van der Waals surface area contributed by atoms with Crippen LogP contribution in [0.15, 0.2) is 18.2 Å². The molecule has 0 aromatic heterocycles. The van der Waals surface area contributed by atoms with Crippen molar-refractivity contribution in [1.82, 2.24) is 4.90 Å². The van der Waals surface area contributed by atoms with E-state index in [1.54, 1.807) is 0 Å². The molecule has 1 rings (SSSR count). The lowest BCUT2D eigenvalue weighted by atomic mass is 10.3. The molecule has 8 heteroatoms. The Hall–Kier alpha value is -1.73. The lowest BCUT2D eigenvalue weighted by molar-refractivity contribution is -0.134. The molecule has 3 N–H and O–H groups in total. The lowest BCUT2D eigenvalue weighted by Crippen LogP contribution is -2.43. The summed E-state index contributed by atoms with van der Waals surface area (Å²) < 4.78 is 25.8. The molecular formula is C12H16ClF2N3O2. The average Bonchev–Trinajstić information content (AvgIpc) is 2.25. The van der Waals surface area contributed by atoms with Crippen LogP contribution < -0.4 is 11.1 Å². The zero-order chi connectivity index (χ0) is 14.6. The lowest BCUT2D eigenvalue weighted by Gasteiger charge is -2.18. The monoisotopic (exact) mass is 307 g/mol. The van der Waals surface area contributed by atoms with Crippen molar-refractivity contribution in [2.24, 2.45) is 5.73 Å². The molecule has 0 saturated carbocycles. The third-order valence-corrected chi connectivity index (χ3v) is 2.29. The number of benzene rings is 1. The fourth-order valence-electron chi connectivity index (χ4n) is 1.47. The van der Waals surface area contributed by atoms with Crippen molar-refractivity contribution in [3.8, 4) is 0 Å². The van der Waals surface area contributed by atoms with Gasteiger partial charge in [-0.2, -0.15) is 0 Å². The van der Waals surface area contributed by atoms with E-state index in [2.05, 4.69) is 5.32 Å². The molecule has 0 aliphatic rings. The molecule has 1 aromatic rings. The smallest absolute Gasteiger partial charge is 0.243 e. The maximum Gasteiger partial charge on any atom is 0.243 e. The predicted octanol–water partition coefficient (Wildman–Crippen LogP) is 1.13. The maximum atomic E-state index is 12.9. The molecular weight excluding hydrogens is 292 g/mol. The first-order valence-corrected chi connectivity index (χ1v) is 5.56. The molecule has 0 radical (unpaired) electrons. The van der Waals surface area contributed by atoms with Crippen molar-refractivity contribution in [3.63, 3.8) is 0 Å². The summed E-state index contributed by atoms with van der Waals surface area (Å²) in [5.74, 6) is -2.56. The quantitative estimate of drug-likeness (QED) is 0.875. The van der Waals surface area contributed by atoms with Crippen molar-refractivity contribution < 1.29 is 18.4 Å². The molecule has 0 aliphatic heterocycles. The number of nitrogens with one attached hydrogen (secondary N) is 1. The Morgan fingerprint density at radius 1 is 1.30 bits per heavy atom. The van der Waals surface area contributed by atoms with Crippen molar-refractivity contribution in [2.75, 3.05) is 18.9 Å². The van der Waals surface area contributed by atoms with Crippen LogP contribution in [-0.2, 0) is 9.59 Å². The van der Waals surface area contributed by atoms with Gasteiger partial charge in [-0.1, -0.05) is 0 Å². The number of hydrogen-bond donors (Lipinski definition) is 2. The average molecular weight is 308 g/mol. The van der Waals surface area contributed by atoms with Crippen molar-refractivity contribution in [1.29, 1.82) is 0 Å². The number of likely N-dealkylation sites (N-methyl/N-ethyl adjacent to an activating group) is 1. The maximum absolute atomic E-state index is 12.9. The van der Waals surface area contributed by atoms with Gasteiger partial charge in [0.1, 0.15) is 11.6 Å². The van der Waals surface area contributed by atoms with Crippen LogP contribution in [-0.4, -0.2) is 36.3 Å². The summed E-state index contributed by atoms with van der Waals surface area (Å²) in [6, 6.07) is 1.94. The Balaban J connectivity index is 0.00000361. The molecule has 0 fully saturated rings. The first-order chi connectivity index (χ1) is 8.79. The molecule has 0 heterocycles. The van der Waals surface area contributed by atoms with Crippen molar-refractivity contribution in [3.05, 3.63) is 29.8 Å². The van der Waals surface area contributed by atoms with E-state index in [1.807, 2.05) is 0 Å². The third-order valence-electron chi connectivity index (χ3n) is 2.29. The van der Waals surface area contributed by atoms with E-state index >= 15 is 0 Å². The summed E-state index contributed by atoms with van der Waals surface area (Å²) in [6.45, 7) is 1.25. The number of carbonyl (C=O) groups excluding carboxylic acids is 2. The Bertz CT molecular complexity index is 477. The molecule has 0 unspecified atom stereocenters. The summed E-state index contributed by atoms with van der Waals surface area (Å²) in [7, 11) is 1.41. The summed E-state index contributed by atoms with van der Waals surface area (Å²) in [5, 5.41) is 2.29. The van der Waals surface area contributed by atoms with Gasteiger partial charge < -0.3 is 16.0 Å². The van der Waals surface area contributed by atoms with E-state index in [-0.39, 0.29) is 24.6 Å². The van der Waals surface area contributed by atoms with Gasteiger partial charge in [0.2, 0.25) is 11.8 Å². The van der Waals surface area contributed by atoms with Gasteiger partial charge in [-0.05, 0) is 19.1 Å². The SMILES string of the molecule is C[C@@H](N)C(=O)N(C)CC(=O)Nc1cc(F)cc(F)c1.Cl. The fourth-order valence-corrected chi connectivity index (χ4v) is 1.47. The number of rotatable bonds is 4. The van der Waals surface area contributed by atoms with E-state index in [1.165, 1.54) is 14.0 Å². The van der Waals surface area contributed by atoms with Gasteiger partial charge in [0.15, 0.2) is 0 Å². The Kier molecular flexibility index (Phi) is 7.09. The van der Waals surface area contributed by atoms with E-state index in [4.69, 9.17) is 5.73 Å². The molecule has 112 valence electrons. The van der Waals surface area contributed by atoms with Crippen LogP contribution in [0.3, 0.4) is 0 Å². The molecule has 1 aromatic carbocycles. The van der Waals surface area contributed by atoms with Crippen molar-refractivity contribution >= 4 is 29.9 Å². The molecule has 2 amide bonds. The van der Waals surface area contributed by atoms with Gasteiger partial charge in [-0.25, -0.2) is 8.78 Å². The van der Waals surface area contributed by atoms with E-state index < -0.39 is 29.5 Å². The van der Waals surface area contributed by atoms with E-state index in [0.29, 0.717) is 6.07 Å². The number of carbonyl (C=O) groups is 2. The van der Waals surface area contributed by atoms with Crippen LogP contribution in [0.4, 0.5) is 14.5 Å². The number of nitrogens with zero attached hydrogens (tertiary/aromatic N) is 1. The Morgan fingerprint density at radius 2 is 1.80 bits per heavy atom. The first kappa shape index (κ1) is 18.3. The molecule has 0 aliphatic carbocycles. The molecule has 0 saturated heterocycles. The van der Waals surface area contributed by atoms with Crippen LogP contribution in [0, 0.1) is 11.6 Å². The second-order valence-corrected chi connectivity index (χ2v) is 4.19. The summed E-state index contributed by atoms with van der Waals surface area (Å²) >= 11 is 0. The molecule has 5 nitrogen and oxygen atoms in total. The topological polar surface area (TPSA) is 75.4 Å². The second kappa shape index (κ2) is 7.76. The second-order valence-electron chi connectivity index (χ2n) is 4.19. The number of nitrogens with two attached hydrogens (primary N) is 1. The van der Waals surface area contributed by atoms with Crippen molar-refractivity contribution in [2.45, 2.75) is 13.0 Å². The van der Waals surface area contributed by atoms with Gasteiger partial charge in [-0.15, -0.1) is 12.4 Å². The number of amides is 2. The van der Waals surface area contributed by atoms with Crippen LogP contribution in [0.5, 0.6) is 0 Å². The molecule has 0 spiro atoms. The number of anilines is 1. The zero-order valence-electron chi connectivity index (χ0n) is 11.0. The van der Waals surface area contributed by atoms with Crippen LogP contribution in [0.25, 0.3) is 0 Å². The van der Waals surface area contributed by atoms with Gasteiger partial charge in [0, 0.05) is 18.8 Å². The van der Waals surface area contributed by atoms with Crippen LogP contribution >= 0.6 is 12.4 Å². The van der Waals surface area contributed by atoms with Crippen LogP contribution in [0.1, 0.15) is 6.92 Å².